The molecule has 0 aliphatic heterocycles. The van der Waals surface area contributed by atoms with Crippen LogP contribution in [0.5, 0.6) is 5.75 Å². The molecule has 21 heavy (non-hydrogen) atoms. The Morgan fingerprint density at radius 1 is 1.24 bits per heavy atom. The van der Waals surface area contributed by atoms with Crippen LogP contribution < -0.4 is 16.0 Å². The quantitative estimate of drug-likeness (QED) is 0.533. The highest BCUT2D eigenvalue weighted by molar-refractivity contribution is 9.11. The molecule has 1 unspecified atom stereocenters. The zero-order valence-electron chi connectivity index (χ0n) is 11.4. The molecule has 0 saturated carbocycles. The molecule has 3 nitrogen and oxygen atoms in total. The first kappa shape index (κ1) is 16.8. The summed E-state index contributed by atoms with van der Waals surface area (Å²) in [5.41, 5.74) is 4.92. The smallest absolute Gasteiger partial charge is 0.122 e. The monoisotopic (exact) mass is 432 g/mol. The van der Waals surface area contributed by atoms with Crippen LogP contribution in [0.4, 0.5) is 0 Å². The Kier molecular flexibility index (Phi) is 6.08. The third kappa shape index (κ3) is 4.20. The lowest BCUT2D eigenvalue weighted by Crippen LogP contribution is -2.30. The molecule has 0 aliphatic carbocycles. The summed E-state index contributed by atoms with van der Waals surface area (Å²) in [5.74, 6) is 6.54. The van der Waals surface area contributed by atoms with Gasteiger partial charge in [-0.25, -0.2) is 0 Å². The molecule has 2 aromatic carbocycles. The van der Waals surface area contributed by atoms with Crippen molar-refractivity contribution in [1.82, 2.24) is 5.43 Å². The predicted molar refractivity (Wildman–Crippen MR) is 93.6 cm³/mol. The molecule has 2 aromatic rings. The van der Waals surface area contributed by atoms with Gasteiger partial charge < -0.3 is 4.74 Å². The first-order chi connectivity index (χ1) is 10.0. The zero-order valence-corrected chi connectivity index (χ0v) is 15.3. The number of hydrazine groups is 1. The van der Waals surface area contributed by atoms with Crippen molar-refractivity contribution in [3.63, 3.8) is 0 Å². The molecule has 0 amide bonds. The average molecular weight is 435 g/mol. The van der Waals surface area contributed by atoms with Gasteiger partial charge in [0.05, 0.1) is 13.2 Å². The highest BCUT2D eigenvalue weighted by Gasteiger charge is 2.17. The van der Waals surface area contributed by atoms with Gasteiger partial charge in [-0.2, -0.15) is 0 Å². The summed E-state index contributed by atoms with van der Waals surface area (Å²) < 4.78 is 7.38. The molecule has 0 heterocycles. The Labute approximate surface area is 146 Å². The van der Waals surface area contributed by atoms with Gasteiger partial charge in [0, 0.05) is 14.0 Å². The van der Waals surface area contributed by atoms with Gasteiger partial charge in [0.15, 0.2) is 0 Å². The number of nitrogens with two attached hydrogens (primary N) is 1. The van der Waals surface area contributed by atoms with Crippen molar-refractivity contribution in [3.8, 4) is 5.75 Å². The topological polar surface area (TPSA) is 47.3 Å². The van der Waals surface area contributed by atoms with E-state index in [9.17, 15) is 0 Å². The van der Waals surface area contributed by atoms with Crippen LogP contribution in [0.2, 0.25) is 5.02 Å². The number of benzene rings is 2. The molecule has 3 N–H and O–H groups in total. The molecule has 0 radical (unpaired) electrons. The van der Waals surface area contributed by atoms with Crippen molar-refractivity contribution >= 4 is 43.5 Å². The van der Waals surface area contributed by atoms with E-state index in [1.165, 1.54) is 0 Å². The van der Waals surface area contributed by atoms with Crippen molar-refractivity contribution in [3.05, 3.63) is 61.5 Å². The van der Waals surface area contributed by atoms with Gasteiger partial charge in [-0.05, 0) is 53.9 Å². The Bertz CT molecular complexity index is 637. The molecule has 0 aliphatic rings. The normalized spacial score (nSPS) is 12.2. The van der Waals surface area contributed by atoms with Crippen LogP contribution in [0.15, 0.2) is 45.3 Å². The molecule has 2 rings (SSSR count). The minimum atomic E-state index is -0.0655. The second-order valence-corrected chi connectivity index (χ2v) is 6.75. The van der Waals surface area contributed by atoms with Gasteiger partial charge in [0.25, 0.3) is 0 Å². The molecule has 0 fully saturated rings. The van der Waals surface area contributed by atoms with E-state index in [2.05, 4.69) is 37.3 Å². The average Bonchev–Trinajstić information content (AvgIpc) is 2.47. The Balaban J connectivity index is 2.35. The number of hydrogen-bond acceptors (Lipinski definition) is 3. The van der Waals surface area contributed by atoms with E-state index in [0.717, 1.165) is 25.8 Å². The van der Waals surface area contributed by atoms with E-state index in [0.29, 0.717) is 11.4 Å². The standard InChI is InChI=1S/C15H15Br2ClN2O/c1-21-15-5-3-11(18)6-9(15)7-14(20-19)12-8-10(16)2-4-13(12)17/h2-6,8,14,20H,7,19H2,1H3. The molecule has 1 atom stereocenters. The first-order valence-electron chi connectivity index (χ1n) is 6.28. The number of methoxy groups -OCH3 is 1. The molecular weight excluding hydrogens is 419 g/mol. The molecule has 112 valence electrons. The number of nitrogens with one attached hydrogen (secondary N) is 1. The lowest BCUT2D eigenvalue weighted by atomic mass is 9.99. The second kappa shape index (κ2) is 7.61. The third-order valence-electron chi connectivity index (χ3n) is 3.20. The molecular formula is C15H15Br2ClN2O. The zero-order chi connectivity index (χ0) is 15.4. The molecule has 0 saturated heterocycles. The maximum atomic E-state index is 6.08. The third-order valence-corrected chi connectivity index (χ3v) is 4.65. The molecule has 0 bridgehead atoms. The Morgan fingerprint density at radius 3 is 2.67 bits per heavy atom. The lowest BCUT2D eigenvalue weighted by molar-refractivity contribution is 0.405. The van der Waals surface area contributed by atoms with E-state index in [1.54, 1.807) is 7.11 Å². The van der Waals surface area contributed by atoms with Gasteiger partial charge in [-0.3, -0.25) is 11.3 Å². The number of halogens is 3. The summed E-state index contributed by atoms with van der Waals surface area (Å²) in [7, 11) is 1.65. The highest BCUT2D eigenvalue weighted by atomic mass is 79.9. The van der Waals surface area contributed by atoms with E-state index < -0.39 is 0 Å². The second-order valence-electron chi connectivity index (χ2n) is 4.55. The number of rotatable bonds is 5. The summed E-state index contributed by atoms with van der Waals surface area (Å²) in [6, 6.07) is 11.5. The summed E-state index contributed by atoms with van der Waals surface area (Å²) in [4.78, 5) is 0. The van der Waals surface area contributed by atoms with Crippen LogP contribution in [0.3, 0.4) is 0 Å². The first-order valence-corrected chi connectivity index (χ1v) is 8.25. The molecule has 0 spiro atoms. The van der Waals surface area contributed by atoms with Crippen molar-refractivity contribution < 1.29 is 4.74 Å². The Morgan fingerprint density at radius 2 is 2.00 bits per heavy atom. The van der Waals surface area contributed by atoms with E-state index in [1.807, 2.05) is 36.4 Å². The van der Waals surface area contributed by atoms with Crippen LogP contribution in [0, 0.1) is 0 Å². The van der Waals surface area contributed by atoms with Crippen LogP contribution in [0.1, 0.15) is 17.2 Å². The van der Waals surface area contributed by atoms with Crippen LogP contribution in [-0.2, 0) is 6.42 Å². The van der Waals surface area contributed by atoms with Crippen LogP contribution >= 0.6 is 43.5 Å². The van der Waals surface area contributed by atoms with E-state index >= 15 is 0 Å². The summed E-state index contributed by atoms with van der Waals surface area (Å²) in [6.07, 6.45) is 0.662. The van der Waals surface area contributed by atoms with Crippen molar-refractivity contribution in [2.24, 2.45) is 5.84 Å². The summed E-state index contributed by atoms with van der Waals surface area (Å²) >= 11 is 13.1. The SMILES string of the molecule is COc1ccc(Cl)cc1CC(NN)c1cc(Br)ccc1Br. The maximum Gasteiger partial charge on any atom is 0.122 e. The minimum Gasteiger partial charge on any atom is -0.496 e. The van der Waals surface area contributed by atoms with E-state index in [4.69, 9.17) is 22.2 Å². The van der Waals surface area contributed by atoms with Crippen LogP contribution in [0.25, 0.3) is 0 Å². The van der Waals surface area contributed by atoms with Crippen molar-refractivity contribution in [2.75, 3.05) is 7.11 Å². The van der Waals surface area contributed by atoms with E-state index in [-0.39, 0.29) is 6.04 Å². The Hall–Kier alpha value is -0.590. The highest BCUT2D eigenvalue weighted by Crippen LogP contribution is 2.32. The summed E-state index contributed by atoms with van der Waals surface area (Å²) in [6.45, 7) is 0. The van der Waals surface area contributed by atoms with Gasteiger partial charge in [0.2, 0.25) is 0 Å². The van der Waals surface area contributed by atoms with Crippen molar-refractivity contribution in [1.29, 1.82) is 0 Å². The minimum absolute atomic E-state index is 0.0655. The van der Waals surface area contributed by atoms with Gasteiger partial charge >= 0.3 is 0 Å². The fraction of sp³-hybridized carbons (Fsp3) is 0.200. The maximum absolute atomic E-state index is 6.08. The fourth-order valence-electron chi connectivity index (χ4n) is 2.17. The fourth-order valence-corrected chi connectivity index (χ4v) is 3.26. The number of hydrogen-bond donors (Lipinski definition) is 2. The van der Waals surface area contributed by atoms with Gasteiger partial charge in [-0.1, -0.05) is 43.5 Å². The lowest BCUT2D eigenvalue weighted by Gasteiger charge is -2.20. The van der Waals surface area contributed by atoms with Crippen molar-refractivity contribution in [2.45, 2.75) is 12.5 Å². The molecule has 6 heteroatoms. The molecule has 0 aromatic heterocycles. The van der Waals surface area contributed by atoms with Gasteiger partial charge in [-0.15, -0.1) is 0 Å². The predicted octanol–water partition coefficient (Wildman–Crippen LogP) is 4.62. The van der Waals surface area contributed by atoms with Gasteiger partial charge in [0.1, 0.15) is 5.75 Å². The largest absolute Gasteiger partial charge is 0.496 e. The number of ether oxygens (including phenoxy) is 1. The van der Waals surface area contributed by atoms with Crippen LogP contribution in [-0.4, -0.2) is 7.11 Å². The summed E-state index contributed by atoms with van der Waals surface area (Å²) in [5, 5.41) is 0.676.